The van der Waals surface area contributed by atoms with Gasteiger partial charge in [-0.3, -0.25) is 33.8 Å². The maximum absolute atomic E-state index is 14.2. The SMILES string of the molecule is CC(C)C(NC(=O)c1cnccn1)C(=O)NC(C(=O)N1C[C@@H]2CCC[C@@H]2[C@H]1C(=O)NC(CCC(F)F)C(=O)C(=O)NC1CC1)C(C)C. The van der Waals surface area contributed by atoms with Crippen molar-refractivity contribution >= 4 is 35.3 Å². The van der Waals surface area contributed by atoms with Crippen molar-refractivity contribution in [3.63, 3.8) is 0 Å². The first-order chi connectivity index (χ1) is 22.3. The molecule has 0 radical (unpaired) electrons. The molecule has 15 heteroatoms. The zero-order valence-electron chi connectivity index (χ0n) is 27.2. The third kappa shape index (κ3) is 9.07. The van der Waals surface area contributed by atoms with Crippen LogP contribution in [0.4, 0.5) is 8.78 Å². The van der Waals surface area contributed by atoms with Crippen LogP contribution < -0.4 is 21.3 Å². The lowest BCUT2D eigenvalue weighted by molar-refractivity contribution is -0.145. The average molecular weight is 662 g/mol. The quantitative estimate of drug-likeness (QED) is 0.204. The first-order valence-electron chi connectivity index (χ1n) is 16.4. The van der Waals surface area contributed by atoms with E-state index in [1.54, 1.807) is 27.7 Å². The second kappa shape index (κ2) is 15.7. The molecule has 4 N–H and O–H groups in total. The van der Waals surface area contributed by atoms with Gasteiger partial charge in [0.2, 0.25) is 29.9 Å². The summed E-state index contributed by atoms with van der Waals surface area (Å²) in [6.45, 7) is 7.22. The van der Waals surface area contributed by atoms with Gasteiger partial charge in [0, 0.05) is 31.4 Å². The number of carbonyl (C=O) groups excluding carboxylic acids is 6. The summed E-state index contributed by atoms with van der Waals surface area (Å²) in [4.78, 5) is 89.1. The van der Waals surface area contributed by atoms with Gasteiger partial charge in [0.1, 0.15) is 23.8 Å². The van der Waals surface area contributed by atoms with Crippen molar-refractivity contribution in [2.75, 3.05) is 6.54 Å². The number of fused-ring (bicyclic) bond motifs is 1. The van der Waals surface area contributed by atoms with Gasteiger partial charge < -0.3 is 26.2 Å². The Balaban J connectivity index is 1.51. The number of amides is 5. The summed E-state index contributed by atoms with van der Waals surface area (Å²) in [5.41, 5.74) is 0.0234. The van der Waals surface area contributed by atoms with Crippen molar-refractivity contribution in [1.29, 1.82) is 0 Å². The number of aromatic nitrogens is 2. The number of ketones is 1. The Hall–Kier alpha value is -4.04. The van der Waals surface area contributed by atoms with Gasteiger partial charge in [0.05, 0.1) is 12.2 Å². The molecule has 0 bridgehead atoms. The summed E-state index contributed by atoms with van der Waals surface area (Å²) < 4.78 is 26.3. The van der Waals surface area contributed by atoms with E-state index in [-0.39, 0.29) is 36.0 Å². The lowest BCUT2D eigenvalue weighted by atomic mass is 9.92. The minimum Gasteiger partial charge on any atom is -0.347 e. The van der Waals surface area contributed by atoms with Crippen LogP contribution in [0, 0.1) is 23.7 Å². The smallest absolute Gasteiger partial charge is 0.289 e. The van der Waals surface area contributed by atoms with Gasteiger partial charge in [-0.2, -0.15) is 0 Å². The average Bonchev–Trinajstić information content (AvgIpc) is 3.59. The molecule has 1 aromatic heterocycles. The molecule has 0 spiro atoms. The Kier molecular flexibility index (Phi) is 12.0. The Morgan fingerprint density at radius 3 is 2.19 bits per heavy atom. The lowest BCUT2D eigenvalue weighted by Crippen LogP contribution is -2.60. The van der Waals surface area contributed by atoms with Crippen molar-refractivity contribution < 1.29 is 37.5 Å². The van der Waals surface area contributed by atoms with Crippen LogP contribution in [0.3, 0.4) is 0 Å². The molecule has 2 aliphatic carbocycles. The number of likely N-dealkylation sites (tertiary alicyclic amines) is 1. The van der Waals surface area contributed by atoms with Crippen LogP contribution in [0.2, 0.25) is 0 Å². The molecule has 0 aromatic carbocycles. The Morgan fingerprint density at radius 1 is 0.894 bits per heavy atom. The Labute approximate surface area is 272 Å². The molecule has 47 heavy (non-hydrogen) atoms. The molecule has 4 rings (SSSR count). The molecule has 3 aliphatic rings. The summed E-state index contributed by atoms with van der Waals surface area (Å²) in [6.07, 6.45) is 3.86. The minimum absolute atomic E-state index is 0.00118. The summed E-state index contributed by atoms with van der Waals surface area (Å²) in [6, 6.07) is -4.71. The minimum atomic E-state index is -2.74. The monoisotopic (exact) mass is 661 g/mol. The maximum Gasteiger partial charge on any atom is 0.289 e. The van der Waals surface area contributed by atoms with E-state index in [9.17, 15) is 37.5 Å². The van der Waals surface area contributed by atoms with Crippen molar-refractivity contribution in [3.05, 3.63) is 24.3 Å². The maximum atomic E-state index is 14.2. The molecule has 2 heterocycles. The lowest BCUT2D eigenvalue weighted by Gasteiger charge is -2.34. The highest BCUT2D eigenvalue weighted by molar-refractivity contribution is 6.38. The predicted molar refractivity (Wildman–Crippen MR) is 165 cm³/mol. The van der Waals surface area contributed by atoms with Crippen molar-refractivity contribution in [3.8, 4) is 0 Å². The van der Waals surface area contributed by atoms with E-state index >= 15 is 0 Å². The largest absolute Gasteiger partial charge is 0.347 e. The molecule has 6 atom stereocenters. The molecule has 5 amide bonds. The molecule has 1 aromatic rings. The summed E-state index contributed by atoms with van der Waals surface area (Å²) in [5.74, 6) is -5.33. The normalized spacial score (nSPS) is 22.4. The van der Waals surface area contributed by atoms with E-state index in [1.807, 2.05) is 0 Å². The van der Waals surface area contributed by atoms with Gasteiger partial charge in [-0.15, -0.1) is 0 Å². The van der Waals surface area contributed by atoms with Crippen LogP contribution in [0.25, 0.3) is 0 Å². The highest BCUT2D eigenvalue weighted by Crippen LogP contribution is 2.42. The van der Waals surface area contributed by atoms with Gasteiger partial charge in [-0.25, -0.2) is 13.8 Å². The number of Topliss-reactive ketones (excluding diaryl/α,β-unsaturated/α-hetero) is 1. The fraction of sp³-hybridized carbons (Fsp3) is 0.688. The highest BCUT2D eigenvalue weighted by Gasteiger charge is 2.51. The van der Waals surface area contributed by atoms with E-state index in [0.717, 1.165) is 25.7 Å². The second-order valence-corrected chi connectivity index (χ2v) is 13.4. The highest BCUT2D eigenvalue weighted by atomic mass is 19.3. The number of carbonyl (C=O) groups is 6. The van der Waals surface area contributed by atoms with Crippen LogP contribution in [-0.2, 0) is 24.0 Å². The third-order valence-electron chi connectivity index (χ3n) is 9.15. The number of hydrogen-bond donors (Lipinski definition) is 4. The number of alkyl halides is 2. The van der Waals surface area contributed by atoms with Crippen molar-refractivity contribution in [2.24, 2.45) is 23.7 Å². The molecule has 3 unspecified atom stereocenters. The molecule has 1 aliphatic heterocycles. The zero-order valence-corrected chi connectivity index (χ0v) is 27.2. The Bertz CT molecular complexity index is 1330. The topological polar surface area (TPSA) is 180 Å². The van der Waals surface area contributed by atoms with Gasteiger partial charge in [0.25, 0.3) is 11.8 Å². The molecule has 3 fully saturated rings. The predicted octanol–water partition coefficient (Wildman–Crippen LogP) is 1.38. The second-order valence-electron chi connectivity index (χ2n) is 13.4. The standard InChI is InChI=1S/C32H45F2N7O6/c1-16(2)24(39-28(43)22-14-35-12-13-36-22)29(44)40-25(17(3)4)32(47)41-15-18-6-5-7-20(18)26(41)30(45)38-21(10-11-23(33)34)27(42)31(46)37-19-8-9-19/h12-14,16-21,23-26H,5-11,15H2,1-4H3,(H,37,46)(H,38,45)(H,39,43)(H,40,44)/t18-,20-,21?,24?,25?,26-/m0/s1. The number of rotatable bonds is 15. The van der Waals surface area contributed by atoms with Gasteiger partial charge in [-0.05, 0) is 55.8 Å². The summed E-state index contributed by atoms with van der Waals surface area (Å²) >= 11 is 0. The third-order valence-corrected chi connectivity index (χ3v) is 9.15. The Morgan fingerprint density at radius 2 is 1.60 bits per heavy atom. The molecule has 258 valence electrons. The van der Waals surface area contributed by atoms with E-state index in [2.05, 4.69) is 31.2 Å². The summed E-state index contributed by atoms with van der Waals surface area (Å²) in [7, 11) is 0. The van der Waals surface area contributed by atoms with Crippen LogP contribution >= 0.6 is 0 Å². The number of halogens is 2. The molecule has 2 saturated carbocycles. The first kappa shape index (κ1) is 35.8. The van der Waals surface area contributed by atoms with Crippen molar-refractivity contribution in [1.82, 2.24) is 36.1 Å². The van der Waals surface area contributed by atoms with E-state index in [0.29, 0.717) is 6.42 Å². The fourth-order valence-corrected chi connectivity index (χ4v) is 6.43. The van der Waals surface area contributed by atoms with E-state index in [4.69, 9.17) is 0 Å². The molecule has 13 nitrogen and oxygen atoms in total. The zero-order chi connectivity index (χ0) is 34.4. The van der Waals surface area contributed by atoms with Crippen LogP contribution in [-0.4, -0.2) is 93.4 Å². The molecule has 1 saturated heterocycles. The van der Waals surface area contributed by atoms with Crippen LogP contribution in [0.5, 0.6) is 0 Å². The van der Waals surface area contributed by atoms with E-state index < -0.39 is 84.7 Å². The van der Waals surface area contributed by atoms with E-state index in [1.165, 1.54) is 23.5 Å². The van der Waals surface area contributed by atoms with Gasteiger partial charge in [-0.1, -0.05) is 34.1 Å². The van der Waals surface area contributed by atoms with Crippen LogP contribution in [0.15, 0.2) is 18.6 Å². The fourth-order valence-electron chi connectivity index (χ4n) is 6.43. The summed E-state index contributed by atoms with van der Waals surface area (Å²) in [5, 5.41) is 10.5. The number of nitrogens with one attached hydrogen (secondary N) is 4. The van der Waals surface area contributed by atoms with Crippen molar-refractivity contribution in [2.45, 2.75) is 109 Å². The molecular formula is C32H45F2N7O6. The van der Waals surface area contributed by atoms with Gasteiger partial charge in [0.15, 0.2) is 0 Å². The number of hydrogen-bond acceptors (Lipinski definition) is 8. The van der Waals surface area contributed by atoms with Crippen LogP contribution in [0.1, 0.15) is 83.1 Å². The number of nitrogens with zero attached hydrogens (tertiary/aromatic N) is 3. The molecular weight excluding hydrogens is 616 g/mol. The first-order valence-corrected chi connectivity index (χ1v) is 16.4. The van der Waals surface area contributed by atoms with Gasteiger partial charge >= 0.3 is 0 Å².